The summed E-state index contributed by atoms with van der Waals surface area (Å²) in [7, 11) is -3.25. The summed E-state index contributed by atoms with van der Waals surface area (Å²) in [6.45, 7) is 5.40. The van der Waals surface area contributed by atoms with E-state index in [0.717, 1.165) is 11.1 Å². The molecule has 1 amide bonds. The average Bonchev–Trinajstić information content (AvgIpc) is 3.04. The van der Waals surface area contributed by atoms with Gasteiger partial charge in [0.05, 0.1) is 5.25 Å². The number of hydrogen-bond donors (Lipinski definition) is 2. The number of nitrogens with one attached hydrogen (secondary N) is 2. The first-order chi connectivity index (χ1) is 12.3. The monoisotopic (exact) mass is 394 g/mol. The number of hydrogen-bond acceptors (Lipinski definition) is 4. The number of amides is 1. The number of carbonyl (C=O) groups is 1. The molecule has 7 heteroatoms. The van der Waals surface area contributed by atoms with E-state index in [0.29, 0.717) is 25.7 Å². The SMILES string of the molecule is Cc1cc(NC(=O)[C@H]2CC[C@H](NS(=O)(=O)C(C)C)CC2)cc2ccsc12. The molecule has 142 valence electrons. The van der Waals surface area contributed by atoms with Gasteiger partial charge in [-0.3, -0.25) is 4.79 Å². The summed E-state index contributed by atoms with van der Waals surface area (Å²) in [4.78, 5) is 12.6. The Labute approximate surface area is 159 Å². The number of thiophene rings is 1. The molecule has 1 aliphatic rings. The van der Waals surface area contributed by atoms with Gasteiger partial charge < -0.3 is 5.32 Å². The molecule has 1 aromatic carbocycles. The highest BCUT2D eigenvalue weighted by Crippen LogP contribution is 2.30. The predicted octanol–water partition coefficient (Wildman–Crippen LogP) is 4.03. The molecule has 0 bridgehead atoms. The van der Waals surface area contributed by atoms with Crippen LogP contribution in [0.2, 0.25) is 0 Å². The molecule has 26 heavy (non-hydrogen) atoms. The van der Waals surface area contributed by atoms with Crippen LogP contribution < -0.4 is 10.0 Å². The predicted molar refractivity (Wildman–Crippen MR) is 108 cm³/mol. The fraction of sp³-hybridized carbons (Fsp3) is 0.526. The van der Waals surface area contributed by atoms with Crippen molar-refractivity contribution in [3.05, 3.63) is 29.1 Å². The topological polar surface area (TPSA) is 75.3 Å². The second-order valence-electron chi connectivity index (χ2n) is 7.38. The first-order valence-electron chi connectivity index (χ1n) is 9.06. The van der Waals surface area contributed by atoms with Gasteiger partial charge in [0.2, 0.25) is 15.9 Å². The molecule has 1 fully saturated rings. The van der Waals surface area contributed by atoms with Crippen LogP contribution in [0.4, 0.5) is 5.69 Å². The fourth-order valence-electron chi connectivity index (χ4n) is 3.42. The van der Waals surface area contributed by atoms with Crippen LogP contribution in [0.3, 0.4) is 0 Å². The zero-order chi connectivity index (χ0) is 18.9. The minimum atomic E-state index is -3.25. The van der Waals surface area contributed by atoms with Crippen molar-refractivity contribution in [1.29, 1.82) is 0 Å². The summed E-state index contributed by atoms with van der Waals surface area (Å²) in [6.07, 6.45) is 2.81. The van der Waals surface area contributed by atoms with E-state index < -0.39 is 15.3 Å². The average molecular weight is 395 g/mol. The molecular formula is C19H26N2O3S2. The van der Waals surface area contributed by atoms with Gasteiger partial charge in [0, 0.05) is 22.3 Å². The lowest BCUT2D eigenvalue weighted by molar-refractivity contribution is -0.120. The molecule has 0 radical (unpaired) electrons. The molecule has 5 nitrogen and oxygen atoms in total. The van der Waals surface area contributed by atoms with E-state index in [9.17, 15) is 13.2 Å². The molecule has 0 spiro atoms. The minimum absolute atomic E-state index is 0.0316. The van der Waals surface area contributed by atoms with Crippen molar-refractivity contribution in [2.75, 3.05) is 5.32 Å². The zero-order valence-electron chi connectivity index (χ0n) is 15.4. The van der Waals surface area contributed by atoms with Crippen molar-refractivity contribution < 1.29 is 13.2 Å². The number of aryl methyl sites for hydroxylation is 1. The smallest absolute Gasteiger partial charge is 0.227 e. The lowest BCUT2D eigenvalue weighted by Crippen LogP contribution is -2.42. The van der Waals surface area contributed by atoms with E-state index in [1.807, 2.05) is 12.1 Å². The van der Waals surface area contributed by atoms with Crippen molar-refractivity contribution in [2.45, 2.75) is 57.7 Å². The highest BCUT2D eigenvalue weighted by Gasteiger charge is 2.29. The van der Waals surface area contributed by atoms with Crippen LogP contribution in [0, 0.1) is 12.8 Å². The third-order valence-electron chi connectivity index (χ3n) is 5.05. The number of carbonyl (C=O) groups excluding carboxylic acids is 1. The summed E-state index contributed by atoms with van der Waals surface area (Å²) in [5.41, 5.74) is 2.00. The number of sulfonamides is 1. The van der Waals surface area contributed by atoms with E-state index in [2.05, 4.69) is 28.4 Å². The highest BCUT2D eigenvalue weighted by molar-refractivity contribution is 7.90. The lowest BCUT2D eigenvalue weighted by Gasteiger charge is -2.28. The minimum Gasteiger partial charge on any atom is -0.326 e. The Morgan fingerprint density at radius 1 is 1.19 bits per heavy atom. The van der Waals surface area contributed by atoms with E-state index in [4.69, 9.17) is 0 Å². The quantitative estimate of drug-likeness (QED) is 0.804. The van der Waals surface area contributed by atoms with Gasteiger partial charge >= 0.3 is 0 Å². The van der Waals surface area contributed by atoms with Crippen LogP contribution in [0.15, 0.2) is 23.6 Å². The standard InChI is InChI=1S/C19H26N2O3S2/c1-12(2)26(23,24)21-16-6-4-14(5-7-16)19(22)20-17-10-13(3)18-15(11-17)8-9-25-18/h8-12,14,16,21H,4-7H2,1-3H3,(H,20,22)/t14-,16-. The molecule has 2 aromatic rings. The number of fused-ring (bicyclic) bond motifs is 1. The van der Waals surface area contributed by atoms with Crippen molar-refractivity contribution in [3.63, 3.8) is 0 Å². The maximum atomic E-state index is 12.6. The van der Waals surface area contributed by atoms with Gasteiger partial charge in [0.15, 0.2) is 0 Å². The summed E-state index contributed by atoms with van der Waals surface area (Å²) in [5.74, 6) is -0.0302. The molecular weight excluding hydrogens is 368 g/mol. The third kappa shape index (κ3) is 4.27. The van der Waals surface area contributed by atoms with Crippen molar-refractivity contribution >= 4 is 43.0 Å². The second-order valence-corrected chi connectivity index (χ2v) is 10.6. The number of rotatable bonds is 5. The first kappa shape index (κ1) is 19.3. The van der Waals surface area contributed by atoms with Gasteiger partial charge in [-0.15, -0.1) is 11.3 Å². The molecule has 3 rings (SSSR count). The lowest BCUT2D eigenvalue weighted by atomic mass is 9.86. The Morgan fingerprint density at radius 3 is 2.54 bits per heavy atom. The van der Waals surface area contributed by atoms with Crippen molar-refractivity contribution in [2.24, 2.45) is 5.92 Å². The summed E-state index contributed by atoms with van der Waals surface area (Å²) in [6, 6.07) is 6.03. The van der Waals surface area contributed by atoms with E-state index in [-0.39, 0.29) is 17.9 Å². The molecule has 0 saturated heterocycles. The van der Waals surface area contributed by atoms with Crippen LogP contribution in [-0.4, -0.2) is 25.6 Å². The fourth-order valence-corrected chi connectivity index (χ4v) is 5.25. The second kappa shape index (κ2) is 7.66. The summed E-state index contributed by atoms with van der Waals surface area (Å²) >= 11 is 1.71. The number of benzene rings is 1. The van der Waals surface area contributed by atoms with Gasteiger partial charge in [-0.25, -0.2) is 13.1 Å². The van der Waals surface area contributed by atoms with E-state index >= 15 is 0 Å². The van der Waals surface area contributed by atoms with Gasteiger partial charge in [-0.05, 0) is 81.0 Å². The Balaban J connectivity index is 1.58. The Hall–Kier alpha value is -1.44. The number of anilines is 1. The molecule has 2 N–H and O–H groups in total. The van der Waals surface area contributed by atoms with E-state index in [1.165, 1.54) is 10.3 Å². The maximum Gasteiger partial charge on any atom is 0.227 e. The molecule has 0 aliphatic heterocycles. The Bertz CT molecular complexity index is 895. The third-order valence-corrected chi connectivity index (χ3v) is 8.02. The van der Waals surface area contributed by atoms with Gasteiger partial charge in [0.1, 0.15) is 0 Å². The first-order valence-corrected chi connectivity index (χ1v) is 11.5. The molecule has 1 aromatic heterocycles. The van der Waals surface area contributed by atoms with Gasteiger partial charge in [-0.2, -0.15) is 0 Å². The normalized spacial score (nSPS) is 21.2. The highest BCUT2D eigenvalue weighted by atomic mass is 32.2. The molecule has 0 atom stereocenters. The molecule has 0 unspecified atom stereocenters. The van der Waals surface area contributed by atoms with Gasteiger partial charge in [-0.1, -0.05) is 0 Å². The van der Waals surface area contributed by atoms with Crippen LogP contribution >= 0.6 is 11.3 Å². The Kier molecular flexibility index (Phi) is 5.69. The maximum absolute atomic E-state index is 12.6. The molecule has 1 aliphatic carbocycles. The summed E-state index contributed by atoms with van der Waals surface area (Å²) < 4.78 is 28.0. The zero-order valence-corrected chi connectivity index (χ0v) is 17.0. The van der Waals surface area contributed by atoms with Crippen molar-refractivity contribution in [1.82, 2.24) is 4.72 Å². The van der Waals surface area contributed by atoms with E-state index in [1.54, 1.807) is 25.2 Å². The Morgan fingerprint density at radius 2 is 1.88 bits per heavy atom. The largest absolute Gasteiger partial charge is 0.326 e. The van der Waals surface area contributed by atoms with Crippen LogP contribution in [-0.2, 0) is 14.8 Å². The molecule has 1 heterocycles. The van der Waals surface area contributed by atoms with Crippen molar-refractivity contribution in [3.8, 4) is 0 Å². The van der Waals surface area contributed by atoms with Gasteiger partial charge in [0.25, 0.3) is 0 Å². The summed E-state index contributed by atoms with van der Waals surface area (Å²) in [5, 5.41) is 5.82. The molecule has 1 saturated carbocycles. The van der Waals surface area contributed by atoms with Crippen LogP contribution in [0.25, 0.3) is 10.1 Å². The van der Waals surface area contributed by atoms with Crippen LogP contribution in [0.1, 0.15) is 45.1 Å². The van der Waals surface area contributed by atoms with Crippen LogP contribution in [0.5, 0.6) is 0 Å².